The predicted molar refractivity (Wildman–Crippen MR) is 113 cm³/mol. The maximum Gasteiger partial charge on any atom is 0.344 e. The maximum absolute atomic E-state index is 12.3. The molecule has 5 nitrogen and oxygen atoms in total. The zero-order valence-electron chi connectivity index (χ0n) is 15.9. The molecule has 0 amide bonds. The number of thioether (sulfide) groups is 1. The Morgan fingerprint density at radius 3 is 2.64 bits per heavy atom. The number of aromatic hydroxyl groups is 1. The van der Waals surface area contributed by atoms with E-state index >= 15 is 0 Å². The van der Waals surface area contributed by atoms with Gasteiger partial charge in [0.05, 0.1) is 17.7 Å². The van der Waals surface area contributed by atoms with Gasteiger partial charge in [0.1, 0.15) is 22.1 Å². The number of esters is 1. The van der Waals surface area contributed by atoms with Gasteiger partial charge in [-0.1, -0.05) is 55.1 Å². The quantitative estimate of drug-likeness (QED) is 0.707. The van der Waals surface area contributed by atoms with Crippen LogP contribution in [0.3, 0.4) is 0 Å². The van der Waals surface area contributed by atoms with E-state index in [-0.39, 0.29) is 17.1 Å². The first kappa shape index (κ1) is 19.8. The third kappa shape index (κ3) is 3.82. The molecule has 0 saturated carbocycles. The largest absolute Gasteiger partial charge is 0.507 e. The number of hydrogen-bond donors (Lipinski definition) is 2. The summed E-state index contributed by atoms with van der Waals surface area (Å²) in [6, 6.07) is 13.0. The molecule has 2 N–H and O–H groups in total. The fraction of sp³-hybridized carbons (Fsp3) is 0.182. The van der Waals surface area contributed by atoms with E-state index in [1.807, 2.05) is 37.3 Å². The Balaban J connectivity index is 2.11. The summed E-state index contributed by atoms with van der Waals surface area (Å²) in [6.45, 7) is 3.82. The molecule has 0 aromatic heterocycles. The van der Waals surface area contributed by atoms with Gasteiger partial charge in [-0.05, 0) is 36.6 Å². The number of benzene rings is 2. The lowest BCUT2D eigenvalue weighted by atomic mass is 10.1. The van der Waals surface area contributed by atoms with Crippen LogP contribution in [0.1, 0.15) is 23.6 Å². The Morgan fingerprint density at radius 1 is 1.18 bits per heavy atom. The van der Waals surface area contributed by atoms with Crippen molar-refractivity contribution < 1.29 is 19.7 Å². The number of phenolic OH excluding ortho intramolecular Hbond substituents is 1. The SMILES string of the molecule is CCc1ccccc1N=C1S/C(=C/c2cccc(C)c2O)C(O)=C1C(=O)OC. The molecule has 1 aliphatic rings. The predicted octanol–water partition coefficient (Wildman–Crippen LogP) is 5.07. The number of ether oxygens (including phenoxy) is 1. The fourth-order valence-corrected chi connectivity index (χ4v) is 3.88. The molecule has 0 atom stereocenters. The Labute approximate surface area is 168 Å². The number of para-hydroxylation sites is 2. The van der Waals surface area contributed by atoms with Gasteiger partial charge in [-0.3, -0.25) is 0 Å². The van der Waals surface area contributed by atoms with Crippen LogP contribution in [0.2, 0.25) is 0 Å². The second-order valence-electron chi connectivity index (χ2n) is 6.24. The lowest BCUT2D eigenvalue weighted by Gasteiger charge is -2.05. The summed E-state index contributed by atoms with van der Waals surface area (Å²) >= 11 is 1.17. The highest BCUT2D eigenvalue weighted by molar-refractivity contribution is 8.18. The van der Waals surface area contributed by atoms with Crippen molar-refractivity contribution in [3.63, 3.8) is 0 Å². The maximum atomic E-state index is 12.3. The van der Waals surface area contributed by atoms with Crippen molar-refractivity contribution in [2.45, 2.75) is 20.3 Å². The molecule has 0 aliphatic carbocycles. The summed E-state index contributed by atoms with van der Waals surface area (Å²) < 4.78 is 4.84. The highest BCUT2D eigenvalue weighted by Crippen LogP contribution is 2.41. The van der Waals surface area contributed by atoms with Crippen molar-refractivity contribution in [3.8, 4) is 5.75 Å². The molecule has 0 bridgehead atoms. The lowest BCUT2D eigenvalue weighted by Crippen LogP contribution is -2.10. The highest BCUT2D eigenvalue weighted by Gasteiger charge is 2.33. The van der Waals surface area contributed by atoms with Crippen molar-refractivity contribution in [1.82, 2.24) is 0 Å². The van der Waals surface area contributed by atoms with Crippen LogP contribution in [-0.2, 0) is 16.0 Å². The van der Waals surface area contributed by atoms with Crippen LogP contribution in [0.15, 0.2) is 63.7 Å². The molecule has 2 aromatic carbocycles. The molecule has 0 radical (unpaired) electrons. The summed E-state index contributed by atoms with van der Waals surface area (Å²) in [6.07, 6.45) is 2.43. The zero-order valence-corrected chi connectivity index (χ0v) is 16.7. The second-order valence-corrected chi connectivity index (χ2v) is 7.27. The molecule has 3 rings (SSSR count). The minimum Gasteiger partial charge on any atom is -0.507 e. The van der Waals surface area contributed by atoms with Gasteiger partial charge in [0.25, 0.3) is 0 Å². The summed E-state index contributed by atoms with van der Waals surface area (Å²) in [5, 5.41) is 21.3. The van der Waals surface area contributed by atoms with Crippen LogP contribution in [0.5, 0.6) is 5.75 Å². The van der Waals surface area contributed by atoms with Crippen molar-refractivity contribution in [1.29, 1.82) is 0 Å². The number of carbonyl (C=O) groups excluding carboxylic acids is 1. The first-order valence-corrected chi connectivity index (χ1v) is 9.65. The van der Waals surface area contributed by atoms with E-state index in [1.165, 1.54) is 18.9 Å². The topological polar surface area (TPSA) is 79.1 Å². The van der Waals surface area contributed by atoms with Gasteiger partial charge in [0, 0.05) is 5.56 Å². The Bertz CT molecular complexity index is 1020. The number of methoxy groups -OCH3 is 1. The van der Waals surface area contributed by atoms with Crippen LogP contribution in [0.25, 0.3) is 6.08 Å². The number of phenols is 1. The van der Waals surface area contributed by atoms with Crippen molar-refractivity contribution in [2.24, 2.45) is 4.99 Å². The minimum absolute atomic E-state index is 0.0248. The number of aliphatic hydroxyl groups excluding tert-OH is 1. The van der Waals surface area contributed by atoms with Gasteiger partial charge < -0.3 is 14.9 Å². The molecule has 2 aromatic rings. The molecular weight excluding hydrogens is 374 g/mol. The molecule has 1 heterocycles. The van der Waals surface area contributed by atoms with Crippen LogP contribution in [0.4, 0.5) is 5.69 Å². The second kappa shape index (κ2) is 8.35. The average molecular weight is 395 g/mol. The average Bonchev–Trinajstić information content (AvgIpc) is 3.00. The Hall–Kier alpha value is -2.99. The number of carbonyl (C=O) groups is 1. The molecule has 0 fully saturated rings. The Kier molecular flexibility index (Phi) is 5.90. The summed E-state index contributed by atoms with van der Waals surface area (Å²) in [4.78, 5) is 17.3. The monoisotopic (exact) mass is 395 g/mol. The van der Waals surface area contributed by atoms with E-state index < -0.39 is 5.97 Å². The van der Waals surface area contributed by atoms with Gasteiger partial charge in [0.2, 0.25) is 0 Å². The van der Waals surface area contributed by atoms with Crippen LogP contribution in [0, 0.1) is 6.92 Å². The van der Waals surface area contributed by atoms with Crippen molar-refractivity contribution in [2.75, 3.05) is 7.11 Å². The van der Waals surface area contributed by atoms with E-state index in [2.05, 4.69) is 4.99 Å². The summed E-state index contributed by atoms with van der Waals surface area (Å²) in [7, 11) is 1.26. The van der Waals surface area contributed by atoms with Crippen LogP contribution < -0.4 is 0 Å². The normalized spacial score (nSPS) is 16.8. The summed E-state index contributed by atoms with van der Waals surface area (Å²) in [5.41, 5.74) is 3.07. The number of aliphatic imine (C=N–C) groups is 1. The van der Waals surface area contributed by atoms with Gasteiger partial charge in [-0.15, -0.1) is 0 Å². The molecule has 28 heavy (non-hydrogen) atoms. The molecule has 6 heteroatoms. The van der Waals surface area contributed by atoms with Crippen LogP contribution in [-0.4, -0.2) is 28.3 Å². The van der Waals surface area contributed by atoms with E-state index in [4.69, 9.17) is 4.74 Å². The molecular formula is C22H21NO4S. The smallest absolute Gasteiger partial charge is 0.344 e. The van der Waals surface area contributed by atoms with Gasteiger partial charge in [0.15, 0.2) is 0 Å². The standard InChI is InChI=1S/C22H21NO4S/c1-4-14-9-5-6-11-16(14)23-21-18(22(26)27-3)20(25)17(28-21)12-15-10-7-8-13(2)19(15)24/h5-12,24-25H,4H2,1-3H3/b17-12+,23-21?. The van der Waals surface area contributed by atoms with Crippen molar-refractivity contribution in [3.05, 3.63) is 75.4 Å². The zero-order chi connectivity index (χ0) is 20.3. The van der Waals surface area contributed by atoms with E-state index in [1.54, 1.807) is 25.1 Å². The third-order valence-corrected chi connectivity index (χ3v) is 5.45. The Morgan fingerprint density at radius 2 is 1.93 bits per heavy atom. The van der Waals surface area contributed by atoms with E-state index in [0.29, 0.717) is 15.5 Å². The number of nitrogens with zero attached hydrogens (tertiary/aromatic N) is 1. The van der Waals surface area contributed by atoms with Gasteiger partial charge >= 0.3 is 5.97 Å². The summed E-state index contributed by atoms with van der Waals surface area (Å²) in [5.74, 6) is -0.732. The van der Waals surface area contributed by atoms with E-state index in [0.717, 1.165) is 23.2 Å². The van der Waals surface area contributed by atoms with Crippen molar-refractivity contribution >= 4 is 34.5 Å². The molecule has 1 aliphatic heterocycles. The van der Waals surface area contributed by atoms with E-state index in [9.17, 15) is 15.0 Å². The highest BCUT2D eigenvalue weighted by atomic mass is 32.2. The molecule has 0 spiro atoms. The first-order valence-electron chi connectivity index (χ1n) is 8.83. The number of hydrogen-bond acceptors (Lipinski definition) is 6. The third-order valence-electron chi connectivity index (χ3n) is 4.43. The van der Waals surface area contributed by atoms with Gasteiger partial charge in [-0.25, -0.2) is 9.79 Å². The molecule has 0 saturated heterocycles. The first-order chi connectivity index (χ1) is 13.5. The lowest BCUT2D eigenvalue weighted by molar-refractivity contribution is -0.135. The number of aryl methyl sites for hydroxylation is 2. The molecule has 144 valence electrons. The fourth-order valence-electron chi connectivity index (χ4n) is 2.86. The number of aliphatic hydroxyl groups is 1. The van der Waals surface area contributed by atoms with Gasteiger partial charge in [-0.2, -0.15) is 0 Å². The van der Waals surface area contributed by atoms with Crippen LogP contribution >= 0.6 is 11.8 Å². The minimum atomic E-state index is -0.658. The number of rotatable bonds is 4. The molecule has 0 unspecified atom stereocenters.